The van der Waals surface area contributed by atoms with E-state index in [0.717, 1.165) is 11.3 Å². The van der Waals surface area contributed by atoms with Gasteiger partial charge in [0.15, 0.2) is 11.5 Å². The highest BCUT2D eigenvalue weighted by molar-refractivity contribution is 6.04. The van der Waals surface area contributed by atoms with E-state index < -0.39 is 11.9 Å². The number of para-hydroxylation sites is 1. The van der Waals surface area contributed by atoms with Gasteiger partial charge in [-0.3, -0.25) is 19.1 Å². The maximum absolute atomic E-state index is 14.2. The number of fused-ring (bicyclic) bond motifs is 2. The van der Waals surface area contributed by atoms with Crippen LogP contribution >= 0.6 is 0 Å². The number of carbonyl (C=O) groups excluding carboxylic acids is 1. The molecule has 6 aromatic rings. The van der Waals surface area contributed by atoms with Crippen LogP contribution in [0.2, 0.25) is 0 Å². The SMILES string of the molecule is Cc1ccc(C#Cc2cccc3nc(C(C)NC(=O)c4c(N)nn5cccnc45)n(-c4ccccc4)c(=O)c23)cn1. The summed E-state index contributed by atoms with van der Waals surface area (Å²) in [4.78, 5) is 40.9. The summed E-state index contributed by atoms with van der Waals surface area (Å²) >= 11 is 0. The molecule has 0 bridgehead atoms. The van der Waals surface area contributed by atoms with Crippen LogP contribution in [0.1, 0.15) is 46.0 Å². The van der Waals surface area contributed by atoms with Gasteiger partial charge in [0.05, 0.1) is 22.6 Å². The topological polar surface area (TPSA) is 133 Å². The standard InChI is InChI=1S/C31H24N8O2/c1-19-12-13-21(18-34-19)14-15-22-8-6-11-24-25(22)31(41)39(23-9-4-3-5-10-23)28(36-24)20(2)35-30(40)26-27(32)37-38-17-7-16-33-29(26)38/h3-13,16-18,20H,1-2H3,(H2,32,37)(H,35,40). The van der Waals surface area contributed by atoms with Crippen LogP contribution in [-0.4, -0.2) is 35.0 Å². The average molecular weight is 541 g/mol. The molecule has 2 aromatic carbocycles. The normalized spacial score (nSPS) is 11.7. The van der Waals surface area contributed by atoms with Gasteiger partial charge in [-0.05, 0) is 56.3 Å². The number of benzene rings is 2. The van der Waals surface area contributed by atoms with Gasteiger partial charge in [0.25, 0.3) is 11.5 Å². The lowest BCUT2D eigenvalue weighted by Crippen LogP contribution is -2.33. The van der Waals surface area contributed by atoms with Gasteiger partial charge in [-0.15, -0.1) is 5.10 Å². The molecule has 1 unspecified atom stereocenters. The van der Waals surface area contributed by atoms with Crippen LogP contribution in [0.25, 0.3) is 22.2 Å². The lowest BCUT2D eigenvalue weighted by Gasteiger charge is -2.20. The summed E-state index contributed by atoms with van der Waals surface area (Å²) in [7, 11) is 0. The molecule has 0 aliphatic carbocycles. The summed E-state index contributed by atoms with van der Waals surface area (Å²) in [5, 5.41) is 7.48. The Morgan fingerprint density at radius 2 is 1.83 bits per heavy atom. The molecule has 10 nitrogen and oxygen atoms in total. The molecule has 0 spiro atoms. The van der Waals surface area contributed by atoms with Crippen molar-refractivity contribution in [2.75, 3.05) is 5.73 Å². The smallest absolute Gasteiger partial charge is 0.267 e. The van der Waals surface area contributed by atoms with E-state index in [1.807, 2.05) is 49.4 Å². The second kappa shape index (κ2) is 10.4. The summed E-state index contributed by atoms with van der Waals surface area (Å²) in [6.45, 7) is 3.67. The molecule has 41 heavy (non-hydrogen) atoms. The number of carbonyl (C=O) groups is 1. The summed E-state index contributed by atoms with van der Waals surface area (Å²) in [5.41, 5.74) is 9.47. The number of hydrogen-bond donors (Lipinski definition) is 2. The number of nitrogens with two attached hydrogens (primary N) is 1. The Hall–Kier alpha value is -5.82. The summed E-state index contributed by atoms with van der Waals surface area (Å²) < 4.78 is 2.95. The molecule has 0 saturated heterocycles. The number of nitrogen functional groups attached to an aromatic ring is 1. The van der Waals surface area contributed by atoms with Crippen LogP contribution in [0.4, 0.5) is 5.82 Å². The molecule has 0 radical (unpaired) electrons. The van der Waals surface area contributed by atoms with Crippen LogP contribution in [0, 0.1) is 18.8 Å². The van der Waals surface area contributed by atoms with Crippen LogP contribution in [0.15, 0.2) is 90.1 Å². The van der Waals surface area contributed by atoms with E-state index in [-0.39, 0.29) is 16.9 Å². The Morgan fingerprint density at radius 3 is 2.61 bits per heavy atom. The predicted molar refractivity (Wildman–Crippen MR) is 156 cm³/mol. The highest BCUT2D eigenvalue weighted by Crippen LogP contribution is 2.22. The monoisotopic (exact) mass is 540 g/mol. The van der Waals surface area contributed by atoms with E-state index >= 15 is 0 Å². The first-order chi connectivity index (χ1) is 19.9. The zero-order chi connectivity index (χ0) is 28.5. The van der Waals surface area contributed by atoms with Crippen molar-refractivity contribution in [1.29, 1.82) is 0 Å². The predicted octanol–water partition coefficient (Wildman–Crippen LogP) is 3.60. The highest BCUT2D eigenvalue weighted by atomic mass is 16.2. The average Bonchev–Trinajstić information content (AvgIpc) is 3.32. The van der Waals surface area contributed by atoms with Gasteiger partial charge < -0.3 is 11.1 Å². The molecule has 1 amide bonds. The zero-order valence-electron chi connectivity index (χ0n) is 22.2. The van der Waals surface area contributed by atoms with Crippen molar-refractivity contribution >= 4 is 28.3 Å². The fourth-order valence-corrected chi connectivity index (χ4v) is 4.60. The van der Waals surface area contributed by atoms with E-state index in [9.17, 15) is 9.59 Å². The van der Waals surface area contributed by atoms with Crippen LogP contribution < -0.4 is 16.6 Å². The number of nitrogens with one attached hydrogen (secondary N) is 1. The van der Waals surface area contributed by atoms with Crippen molar-refractivity contribution in [2.24, 2.45) is 0 Å². The summed E-state index contributed by atoms with van der Waals surface area (Å²) in [6, 6.07) is 19.3. The molecule has 4 aromatic heterocycles. The third kappa shape index (κ3) is 4.77. The van der Waals surface area contributed by atoms with E-state index in [0.29, 0.717) is 33.6 Å². The maximum atomic E-state index is 14.2. The molecule has 0 fully saturated rings. The first-order valence-corrected chi connectivity index (χ1v) is 12.9. The van der Waals surface area contributed by atoms with Gasteiger partial charge in [0.1, 0.15) is 11.4 Å². The number of nitrogens with zero attached hydrogens (tertiary/aromatic N) is 6. The number of rotatable bonds is 4. The van der Waals surface area contributed by atoms with E-state index in [1.165, 1.54) is 9.08 Å². The first-order valence-electron chi connectivity index (χ1n) is 12.9. The highest BCUT2D eigenvalue weighted by Gasteiger charge is 2.24. The molecule has 10 heteroatoms. The molecule has 3 N–H and O–H groups in total. The molecule has 4 heterocycles. The van der Waals surface area contributed by atoms with E-state index in [1.54, 1.807) is 49.8 Å². The number of amides is 1. The van der Waals surface area contributed by atoms with Crippen molar-refractivity contribution in [2.45, 2.75) is 19.9 Å². The van der Waals surface area contributed by atoms with Crippen molar-refractivity contribution in [1.82, 2.24) is 34.4 Å². The minimum Gasteiger partial charge on any atom is -0.381 e. The number of aryl methyl sites for hydroxylation is 1. The van der Waals surface area contributed by atoms with Crippen LogP contribution in [-0.2, 0) is 0 Å². The molecular weight excluding hydrogens is 516 g/mol. The van der Waals surface area contributed by atoms with Gasteiger partial charge in [-0.1, -0.05) is 36.1 Å². The summed E-state index contributed by atoms with van der Waals surface area (Å²) in [5.74, 6) is 6.13. The maximum Gasteiger partial charge on any atom is 0.267 e. The Bertz CT molecular complexity index is 2050. The Balaban J connectivity index is 1.47. The second-order valence-corrected chi connectivity index (χ2v) is 9.43. The second-order valence-electron chi connectivity index (χ2n) is 9.43. The molecule has 1 atom stereocenters. The van der Waals surface area contributed by atoms with Crippen LogP contribution in [0.3, 0.4) is 0 Å². The summed E-state index contributed by atoms with van der Waals surface area (Å²) in [6.07, 6.45) is 4.92. The third-order valence-electron chi connectivity index (χ3n) is 6.58. The Kier molecular flexibility index (Phi) is 6.45. The largest absolute Gasteiger partial charge is 0.381 e. The molecular formula is C31H24N8O2. The van der Waals surface area contributed by atoms with Crippen molar-refractivity contribution in [3.63, 3.8) is 0 Å². The Morgan fingerprint density at radius 1 is 1.00 bits per heavy atom. The van der Waals surface area contributed by atoms with E-state index in [2.05, 4.69) is 32.2 Å². The fraction of sp³-hybridized carbons (Fsp3) is 0.0968. The molecule has 0 saturated carbocycles. The fourth-order valence-electron chi connectivity index (χ4n) is 4.60. The number of hydrogen-bond acceptors (Lipinski definition) is 7. The van der Waals surface area contributed by atoms with Gasteiger partial charge in [-0.2, -0.15) is 0 Å². The number of pyridine rings is 1. The lowest BCUT2D eigenvalue weighted by molar-refractivity contribution is 0.0940. The number of aromatic nitrogens is 6. The third-order valence-corrected chi connectivity index (χ3v) is 6.58. The molecule has 0 aliphatic rings. The van der Waals surface area contributed by atoms with Gasteiger partial charge >= 0.3 is 0 Å². The number of anilines is 1. The van der Waals surface area contributed by atoms with E-state index in [4.69, 9.17) is 10.7 Å². The minimum atomic E-state index is -0.689. The first kappa shape index (κ1) is 25.5. The minimum absolute atomic E-state index is 0.0484. The van der Waals surface area contributed by atoms with Crippen molar-refractivity contribution < 1.29 is 4.79 Å². The molecule has 0 aliphatic heterocycles. The molecule has 200 valence electrons. The molecule has 6 rings (SSSR count). The van der Waals surface area contributed by atoms with Crippen LogP contribution in [0.5, 0.6) is 0 Å². The van der Waals surface area contributed by atoms with Gasteiger partial charge in [-0.25, -0.2) is 14.5 Å². The zero-order valence-corrected chi connectivity index (χ0v) is 22.2. The Labute approximate surface area is 234 Å². The van der Waals surface area contributed by atoms with Crippen molar-refractivity contribution in [3.05, 3.63) is 124 Å². The quantitative estimate of drug-likeness (QED) is 0.326. The lowest BCUT2D eigenvalue weighted by atomic mass is 10.1. The van der Waals surface area contributed by atoms with Gasteiger partial charge in [0, 0.05) is 35.4 Å². The van der Waals surface area contributed by atoms with Gasteiger partial charge in [0.2, 0.25) is 0 Å². The van der Waals surface area contributed by atoms with Crippen molar-refractivity contribution in [3.8, 4) is 17.5 Å².